The Labute approximate surface area is 160 Å². The summed E-state index contributed by atoms with van der Waals surface area (Å²) in [6, 6.07) is 5.98. The van der Waals surface area contributed by atoms with Gasteiger partial charge in [-0.25, -0.2) is 9.97 Å². The topological polar surface area (TPSA) is 113 Å². The highest BCUT2D eigenvalue weighted by molar-refractivity contribution is 5.89. The number of H-pyrrole nitrogens is 2. The van der Waals surface area contributed by atoms with Crippen LogP contribution in [0.15, 0.2) is 43.0 Å². The second-order valence-electron chi connectivity index (χ2n) is 7.17. The van der Waals surface area contributed by atoms with Crippen molar-refractivity contribution in [1.82, 2.24) is 40.1 Å². The summed E-state index contributed by atoms with van der Waals surface area (Å²) >= 11 is 0. The number of rotatable bonds is 5. The van der Waals surface area contributed by atoms with Gasteiger partial charge in [-0.1, -0.05) is 26.0 Å². The van der Waals surface area contributed by atoms with Crippen LogP contribution >= 0.6 is 0 Å². The molecule has 4 heterocycles. The maximum absolute atomic E-state index is 4.74. The van der Waals surface area contributed by atoms with Gasteiger partial charge in [-0.3, -0.25) is 14.9 Å². The number of nitrogens with zero attached hydrogens (tertiary/aromatic N) is 6. The molecule has 0 saturated heterocycles. The number of nitrogens with one attached hydrogen (secondary N) is 3. The van der Waals surface area contributed by atoms with Crippen molar-refractivity contribution in [2.45, 2.75) is 20.4 Å². The van der Waals surface area contributed by atoms with Crippen LogP contribution in [0.5, 0.6) is 0 Å². The molecule has 0 aliphatic rings. The molecule has 4 aromatic heterocycles. The van der Waals surface area contributed by atoms with Crippen LogP contribution in [0, 0.1) is 5.92 Å². The van der Waals surface area contributed by atoms with Gasteiger partial charge in [-0.2, -0.15) is 15.3 Å². The fourth-order valence-electron chi connectivity index (χ4n) is 3.17. The Morgan fingerprint density at radius 3 is 2.86 bits per heavy atom. The van der Waals surface area contributed by atoms with E-state index in [0.29, 0.717) is 17.6 Å². The van der Waals surface area contributed by atoms with Gasteiger partial charge in [0.15, 0.2) is 11.6 Å². The van der Waals surface area contributed by atoms with Gasteiger partial charge in [0, 0.05) is 23.7 Å². The summed E-state index contributed by atoms with van der Waals surface area (Å²) in [5.74, 6) is 1.80. The third-order valence-corrected chi connectivity index (χ3v) is 4.45. The van der Waals surface area contributed by atoms with E-state index in [1.54, 1.807) is 18.6 Å². The SMILES string of the molecule is CC(C)Cn1cc(Nc2nc(-c3ccc4cn[nH]c4c3)nc3cn[nH]c23)cn1. The van der Waals surface area contributed by atoms with Gasteiger partial charge in [-0.15, -0.1) is 0 Å². The second-order valence-corrected chi connectivity index (χ2v) is 7.17. The molecule has 9 nitrogen and oxygen atoms in total. The number of anilines is 2. The predicted molar refractivity (Wildman–Crippen MR) is 107 cm³/mol. The molecule has 0 spiro atoms. The molecule has 0 unspecified atom stereocenters. The van der Waals surface area contributed by atoms with Crippen LogP contribution in [0.2, 0.25) is 0 Å². The van der Waals surface area contributed by atoms with Gasteiger partial charge < -0.3 is 5.32 Å². The summed E-state index contributed by atoms with van der Waals surface area (Å²) in [4.78, 5) is 9.38. The molecule has 0 atom stereocenters. The van der Waals surface area contributed by atoms with E-state index in [9.17, 15) is 0 Å². The fraction of sp³-hybridized carbons (Fsp3) is 0.211. The van der Waals surface area contributed by atoms with E-state index in [-0.39, 0.29) is 0 Å². The minimum atomic E-state index is 0.523. The number of aromatic amines is 2. The van der Waals surface area contributed by atoms with Crippen LogP contribution in [0.3, 0.4) is 0 Å². The van der Waals surface area contributed by atoms with Gasteiger partial charge in [0.1, 0.15) is 11.0 Å². The molecule has 0 aliphatic heterocycles. The van der Waals surface area contributed by atoms with E-state index in [2.05, 4.69) is 49.6 Å². The van der Waals surface area contributed by atoms with E-state index in [4.69, 9.17) is 4.98 Å². The van der Waals surface area contributed by atoms with Crippen LogP contribution in [0.1, 0.15) is 13.8 Å². The van der Waals surface area contributed by atoms with Gasteiger partial charge in [-0.05, 0) is 12.0 Å². The van der Waals surface area contributed by atoms with Crippen molar-refractivity contribution in [3.63, 3.8) is 0 Å². The Morgan fingerprint density at radius 1 is 1.07 bits per heavy atom. The molecule has 0 fully saturated rings. The number of fused-ring (bicyclic) bond motifs is 2. The van der Waals surface area contributed by atoms with Crippen LogP contribution in [0.25, 0.3) is 33.3 Å². The third-order valence-electron chi connectivity index (χ3n) is 4.45. The molecule has 28 heavy (non-hydrogen) atoms. The van der Waals surface area contributed by atoms with Crippen molar-refractivity contribution in [1.29, 1.82) is 0 Å². The quantitative estimate of drug-likeness (QED) is 0.435. The Kier molecular flexibility index (Phi) is 3.78. The molecule has 0 radical (unpaired) electrons. The molecule has 1 aromatic carbocycles. The van der Waals surface area contributed by atoms with Crippen LogP contribution < -0.4 is 5.32 Å². The minimum absolute atomic E-state index is 0.523. The number of aromatic nitrogens is 8. The second kappa shape index (κ2) is 6.45. The molecule has 0 bridgehead atoms. The maximum Gasteiger partial charge on any atom is 0.162 e. The summed E-state index contributed by atoms with van der Waals surface area (Å²) in [6.45, 7) is 5.19. The third kappa shape index (κ3) is 2.96. The molecule has 3 N–H and O–H groups in total. The largest absolute Gasteiger partial charge is 0.336 e. The molecule has 0 aliphatic carbocycles. The Morgan fingerprint density at radius 2 is 1.96 bits per heavy atom. The molecular formula is C19H19N9. The highest BCUT2D eigenvalue weighted by Crippen LogP contribution is 2.27. The summed E-state index contributed by atoms with van der Waals surface area (Å²) in [5, 5.41) is 22.9. The van der Waals surface area contributed by atoms with Crippen LogP contribution in [-0.4, -0.2) is 40.1 Å². The number of hydrogen-bond acceptors (Lipinski definition) is 6. The molecule has 5 aromatic rings. The standard InChI is InChI=1S/C19H19N9/c1-11(2)9-28-10-14(7-22-28)23-19-17-16(8-21-27-17)24-18(25-19)12-3-4-13-6-20-26-15(13)5-12/h3-8,10-11H,9H2,1-2H3,(H,20,26)(H,21,27)(H,23,24,25). The first-order valence-corrected chi connectivity index (χ1v) is 9.10. The highest BCUT2D eigenvalue weighted by atomic mass is 15.3. The molecule has 0 amide bonds. The Hall–Kier alpha value is -3.75. The number of hydrogen-bond donors (Lipinski definition) is 3. The van der Waals surface area contributed by atoms with Gasteiger partial charge in [0.25, 0.3) is 0 Å². The average molecular weight is 373 g/mol. The Bertz CT molecular complexity index is 1260. The lowest BCUT2D eigenvalue weighted by atomic mass is 10.1. The summed E-state index contributed by atoms with van der Waals surface area (Å²) < 4.78 is 1.92. The van der Waals surface area contributed by atoms with Crippen LogP contribution in [-0.2, 0) is 6.54 Å². The number of benzene rings is 1. The molecule has 9 heteroatoms. The summed E-state index contributed by atoms with van der Waals surface area (Å²) in [6.07, 6.45) is 7.26. The van der Waals surface area contributed by atoms with Crippen molar-refractivity contribution in [3.8, 4) is 11.4 Å². The first-order valence-electron chi connectivity index (χ1n) is 9.10. The lowest BCUT2D eigenvalue weighted by Crippen LogP contribution is -2.04. The van der Waals surface area contributed by atoms with E-state index in [1.807, 2.05) is 29.1 Å². The maximum atomic E-state index is 4.74. The van der Waals surface area contributed by atoms with Crippen molar-refractivity contribution >= 4 is 33.4 Å². The van der Waals surface area contributed by atoms with E-state index in [1.165, 1.54) is 0 Å². The lowest BCUT2D eigenvalue weighted by molar-refractivity contribution is 0.483. The predicted octanol–water partition coefficient (Wildman–Crippen LogP) is 3.49. The smallest absolute Gasteiger partial charge is 0.162 e. The van der Waals surface area contributed by atoms with E-state index >= 15 is 0 Å². The van der Waals surface area contributed by atoms with E-state index in [0.717, 1.165) is 39.7 Å². The molecule has 0 saturated carbocycles. The summed E-state index contributed by atoms with van der Waals surface area (Å²) in [5.41, 5.74) is 4.20. The highest BCUT2D eigenvalue weighted by Gasteiger charge is 2.13. The lowest BCUT2D eigenvalue weighted by Gasteiger charge is -2.07. The van der Waals surface area contributed by atoms with Gasteiger partial charge in [0.2, 0.25) is 0 Å². The van der Waals surface area contributed by atoms with E-state index < -0.39 is 0 Å². The summed E-state index contributed by atoms with van der Waals surface area (Å²) in [7, 11) is 0. The van der Waals surface area contributed by atoms with Crippen molar-refractivity contribution < 1.29 is 0 Å². The molecule has 140 valence electrons. The average Bonchev–Trinajstić information content (AvgIpc) is 3.40. The first-order chi connectivity index (χ1) is 13.7. The minimum Gasteiger partial charge on any atom is -0.336 e. The zero-order chi connectivity index (χ0) is 19.1. The zero-order valence-electron chi connectivity index (χ0n) is 15.5. The van der Waals surface area contributed by atoms with Crippen LogP contribution in [0.4, 0.5) is 11.5 Å². The zero-order valence-corrected chi connectivity index (χ0v) is 15.5. The monoisotopic (exact) mass is 373 g/mol. The molecule has 5 rings (SSSR count). The Balaban J connectivity index is 1.54. The van der Waals surface area contributed by atoms with Crippen molar-refractivity contribution in [2.75, 3.05) is 5.32 Å². The van der Waals surface area contributed by atoms with Gasteiger partial charge in [0.05, 0.1) is 29.8 Å². The first kappa shape index (κ1) is 16.4. The fourth-order valence-corrected chi connectivity index (χ4v) is 3.17. The molecular weight excluding hydrogens is 354 g/mol. The van der Waals surface area contributed by atoms with Crippen molar-refractivity contribution in [2.24, 2.45) is 5.92 Å². The van der Waals surface area contributed by atoms with Gasteiger partial charge >= 0.3 is 0 Å². The van der Waals surface area contributed by atoms with Crippen molar-refractivity contribution in [3.05, 3.63) is 43.0 Å². The normalized spacial score (nSPS) is 11.7.